The van der Waals surface area contributed by atoms with Crippen LogP contribution in [-0.4, -0.2) is 34.7 Å². The summed E-state index contributed by atoms with van der Waals surface area (Å²) in [6, 6.07) is 88.5. The van der Waals surface area contributed by atoms with Gasteiger partial charge in [-0.15, -0.1) is 5.75 Å². The maximum atomic E-state index is 12.3. The summed E-state index contributed by atoms with van der Waals surface area (Å²) in [6.45, 7) is 13.0. The van der Waals surface area contributed by atoms with Crippen LogP contribution in [0.3, 0.4) is 0 Å². The Morgan fingerprint density at radius 1 is 0.376 bits per heavy atom. The summed E-state index contributed by atoms with van der Waals surface area (Å²) >= 11 is 0. The van der Waals surface area contributed by atoms with E-state index in [4.69, 9.17) is 14.7 Å². The molecule has 1 saturated carbocycles. The van der Waals surface area contributed by atoms with Crippen LogP contribution < -0.4 is 9.84 Å². The number of phenols is 2. The van der Waals surface area contributed by atoms with E-state index in [1.54, 1.807) is 12.1 Å². The second-order valence-corrected chi connectivity index (χ2v) is 24.0. The van der Waals surface area contributed by atoms with Crippen LogP contribution in [0.5, 0.6) is 28.7 Å². The van der Waals surface area contributed by atoms with Gasteiger partial charge in [0, 0.05) is 51.8 Å². The Hall–Kier alpha value is -8.74. The molecule has 0 aliphatic heterocycles. The molecule has 6 nitrogen and oxygen atoms in total. The molecule has 0 amide bonds. The van der Waals surface area contributed by atoms with Crippen molar-refractivity contribution in [3.05, 3.63) is 328 Å². The van der Waals surface area contributed by atoms with Gasteiger partial charge < -0.3 is 20.1 Å². The number of aliphatic imine (C=N–C) groups is 2. The molecule has 1 aliphatic carbocycles. The number of aromatic hydroxyl groups is 2. The Kier molecular flexibility index (Phi) is 19.2. The predicted molar refractivity (Wildman–Crippen MR) is 344 cm³/mol. The number of phenolic OH excluding ortho intramolecular Hbond substituents is 2. The summed E-state index contributed by atoms with van der Waals surface area (Å²) in [4.78, 5) is 10.7. The monoisotopic (exact) mass is 1160 g/mol. The van der Waals surface area contributed by atoms with E-state index in [1.807, 2.05) is 42.8 Å². The first-order valence-corrected chi connectivity index (χ1v) is 29.3. The third-order valence-electron chi connectivity index (χ3n) is 16.3. The van der Waals surface area contributed by atoms with Crippen LogP contribution in [0.2, 0.25) is 0 Å². The minimum atomic E-state index is -0.695. The number of hydrogen-bond acceptors (Lipinski definition) is 6. The number of rotatable bonds is 14. The van der Waals surface area contributed by atoms with Gasteiger partial charge in [-0.1, -0.05) is 267 Å². The molecule has 2 atom stereocenters. The summed E-state index contributed by atoms with van der Waals surface area (Å²) in [7, 11) is 0. The fourth-order valence-corrected chi connectivity index (χ4v) is 12.1. The van der Waals surface area contributed by atoms with Crippen molar-refractivity contribution in [2.45, 2.75) is 101 Å². The molecule has 11 rings (SSSR count). The first-order chi connectivity index (χ1) is 40.7. The van der Waals surface area contributed by atoms with Gasteiger partial charge in [0.15, 0.2) is 0 Å². The number of benzene rings is 10. The summed E-state index contributed by atoms with van der Waals surface area (Å²) in [5, 5.41) is 35.4. The number of ether oxygens (including phenoxy) is 1. The molecule has 0 aromatic heterocycles. The number of hydrogen-bond donors (Lipinski definition) is 2. The van der Waals surface area contributed by atoms with Gasteiger partial charge in [-0.25, -0.2) is 0 Å². The second-order valence-electron chi connectivity index (χ2n) is 24.0. The normalized spacial score (nSPS) is 14.7. The number of para-hydroxylation sites is 1. The summed E-state index contributed by atoms with van der Waals surface area (Å²) in [6.07, 6.45) is 7.62. The van der Waals surface area contributed by atoms with E-state index in [1.165, 1.54) is 12.1 Å². The van der Waals surface area contributed by atoms with Crippen LogP contribution in [0.15, 0.2) is 271 Å². The molecule has 7 heteroatoms. The molecule has 2 unspecified atom stereocenters. The van der Waals surface area contributed by atoms with Crippen molar-refractivity contribution in [2.75, 3.05) is 0 Å². The van der Waals surface area contributed by atoms with Gasteiger partial charge in [0.05, 0.1) is 22.9 Å². The van der Waals surface area contributed by atoms with Gasteiger partial charge in [0.1, 0.15) is 23.0 Å². The van der Waals surface area contributed by atoms with Crippen LogP contribution in [0.1, 0.15) is 134 Å². The second kappa shape index (κ2) is 26.9. The van der Waals surface area contributed by atoms with E-state index in [0.717, 1.165) is 87.1 Å². The van der Waals surface area contributed by atoms with Crippen molar-refractivity contribution < 1.29 is 37.1 Å². The molecule has 0 saturated heterocycles. The third kappa shape index (κ3) is 13.3. The topological polar surface area (TPSA) is 97.5 Å². The van der Waals surface area contributed by atoms with E-state index in [-0.39, 0.29) is 57.2 Å². The quantitative estimate of drug-likeness (QED) is 0.0644. The Morgan fingerprint density at radius 2 is 0.647 bits per heavy atom. The van der Waals surface area contributed by atoms with E-state index in [0.29, 0.717) is 16.9 Å². The zero-order chi connectivity index (χ0) is 58.7. The van der Waals surface area contributed by atoms with Crippen LogP contribution >= 0.6 is 0 Å². The Labute approximate surface area is 513 Å². The molecule has 10 aromatic rings. The maximum absolute atomic E-state index is 12.3. The molecule has 10 aromatic carbocycles. The standard InChI is InChI=1S/C66H66N2O2.C12H10O2.Mn/c1-63(2,3)57-43-55(65(49-27-13-7-14-28-49,50-29-15-8-16-30-50)51-31-17-9-18-32-51)41-47(61(57)69)45-67-59-39-25-26-40-60(59)68-46-48-42-56(44-58(62(48)70)64(4,5)6)66(52-33-19-10-20-34-52,53-35-21-11-22-36-53)54-37-23-12-24-38-54;13-10-6-8-12(9-7-10)14-11-4-2-1-3-5-11;/h7-24,27-38,41-46,59-60,69-70H,25-26,39-40H2,1-6H3;1-9,13H;/p-1. The molecular weight excluding hydrogens is 1080 g/mol. The van der Waals surface area contributed by atoms with E-state index >= 15 is 0 Å². The van der Waals surface area contributed by atoms with E-state index < -0.39 is 10.8 Å². The average molecular weight is 1160 g/mol. The molecule has 0 spiro atoms. The van der Waals surface area contributed by atoms with E-state index in [2.05, 4.69) is 248 Å². The van der Waals surface area contributed by atoms with Gasteiger partial charge >= 0.3 is 0 Å². The van der Waals surface area contributed by atoms with Crippen molar-refractivity contribution >= 4 is 12.4 Å². The van der Waals surface area contributed by atoms with Crippen LogP contribution in [0.4, 0.5) is 0 Å². The first-order valence-electron chi connectivity index (χ1n) is 29.3. The average Bonchev–Trinajstić information content (AvgIpc) is 1.16. The molecule has 85 heavy (non-hydrogen) atoms. The van der Waals surface area contributed by atoms with Crippen LogP contribution in [-0.2, 0) is 38.7 Å². The third-order valence-corrected chi connectivity index (χ3v) is 16.3. The smallest absolute Gasteiger partial charge is 0.128 e. The fraction of sp³-hybridized carbons (Fsp3) is 0.205. The SMILES string of the molecule is CC(C)(C)c1cc(C(c2ccccc2)(c2ccccc2)c2ccccc2)cc(C=NC2CCCCC2N=Cc2cc(C(c3ccccc3)(c3ccccc3)c3ccccc3)cc(C(C)(C)C)c2O)c1O.[Mn].[O-]c1ccc(Oc2ccccc2)cc1. The van der Waals surface area contributed by atoms with Crippen LogP contribution in [0, 0.1) is 0 Å². The van der Waals surface area contributed by atoms with Crippen molar-refractivity contribution in [1.29, 1.82) is 0 Å². The molecule has 2 N–H and O–H groups in total. The van der Waals surface area contributed by atoms with Gasteiger partial charge in [0.2, 0.25) is 0 Å². The van der Waals surface area contributed by atoms with Gasteiger partial charge in [-0.3, -0.25) is 9.98 Å². The van der Waals surface area contributed by atoms with Crippen LogP contribution in [0.25, 0.3) is 0 Å². The van der Waals surface area contributed by atoms with Crippen molar-refractivity contribution in [3.8, 4) is 28.7 Å². The van der Waals surface area contributed by atoms with Crippen molar-refractivity contribution in [1.82, 2.24) is 0 Å². The largest absolute Gasteiger partial charge is 0.872 e. The maximum Gasteiger partial charge on any atom is 0.128 e. The summed E-state index contributed by atoms with van der Waals surface area (Å²) < 4.78 is 5.49. The Bertz CT molecular complexity index is 3380. The molecule has 1 fully saturated rings. The predicted octanol–water partition coefficient (Wildman–Crippen LogP) is 17.9. The van der Waals surface area contributed by atoms with Gasteiger partial charge in [-0.2, -0.15) is 0 Å². The Morgan fingerprint density at radius 3 is 0.929 bits per heavy atom. The summed E-state index contributed by atoms with van der Waals surface area (Å²) in [5.74, 6) is 1.93. The molecule has 0 bridgehead atoms. The molecule has 0 heterocycles. The van der Waals surface area contributed by atoms with Gasteiger partial charge in [0.25, 0.3) is 0 Å². The zero-order valence-electron chi connectivity index (χ0n) is 49.4. The zero-order valence-corrected chi connectivity index (χ0v) is 50.6. The van der Waals surface area contributed by atoms with Crippen molar-refractivity contribution in [2.24, 2.45) is 9.98 Å². The minimum absolute atomic E-state index is 0. The molecule has 1 aliphatic rings. The molecule has 1 radical (unpaired) electrons. The molecule has 429 valence electrons. The molecular formula is C78H75MnN2O4-. The Balaban J connectivity index is 0.000000503. The first kappa shape index (κ1) is 60.8. The minimum Gasteiger partial charge on any atom is -0.872 e. The van der Waals surface area contributed by atoms with E-state index in [9.17, 15) is 15.3 Å². The van der Waals surface area contributed by atoms with Gasteiger partial charge in [-0.05, 0) is 117 Å². The number of nitrogens with zero attached hydrogens (tertiary/aromatic N) is 2. The van der Waals surface area contributed by atoms with Crippen molar-refractivity contribution in [3.63, 3.8) is 0 Å². The fourth-order valence-electron chi connectivity index (χ4n) is 12.1. The summed E-state index contributed by atoms with van der Waals surface area (Å²) in [5.41, 5.74) is 9.88.